The molecular weight excluding hydrogens is 551 g/mol. The van der Waals surface area contributed by atoms with Gasteiger partial charge in [0.15, 0.2) is 5.78 Å². The van der Waals surface area contributed by atoms with Crippen molar-refractivity contribution in [2.45, 2.75) is 25.6 Å². The fourth-order valence-electron chi connectivity index (χ4n) is 5.59. The van der Waals surface area contributed by atoms with Crippen LogP contribution in [0, 0.1) is 0 Å². The van der Waals surface area contributed by atoms with Gasteiger partial charge in [0.1, 0.15) is 6.04 Å². The summed E-state index contributed by atoms with van der Waals surface area (Å²) in [5, 5.41) is 2.98. The minimum atomic E-state index is -4.41. The van der Waals surface area contributed by atoms with E-state index in [4.69, 9.17) is 0 Å². The van der Waals surface area contributed by atoms with Crippen LogP contribution in [0.4, 0.5) is 18.9 Å². The van der Waals surface area contributed by atoms with Crippen LogP contribution in [-0.4, -0.2) is 49.3 Å². The Bertz CT molecular complexity index is 1530. The van der Waals surface area contributed by atoms with Crippen LogP contribution in [0.3, 0.4) is 0 Å². The Morgan fingerprint density at radius 2 is 1.42 bits per heavy atom. The van der Waals surface area contributed by atoms with Crippen molar-refractivity contribution in [2.24, 2.45) is 0 Å². The summed E-state index contributed by atoms with van der Waals surface area (Å²) in [6.07, 6.45) is -4.24. The molecule has 1 heterocycles. The van der Waals surface area contributed by atoms with E-state index in [-0.39, 0.29) is 24.2 Å². The summed E-state index contributed by atoms with van der Waals surface area (Å²) in [5.41, 5.74) is 3.81. The summed E-state index contributed by atoms with van der Waals surface area (Å²) in [5.74, 6) is -0.0924. The molecule has 43 heavy (non-hydrogen) atoms. The molecule has 5 rings (SSSR count). The van der Waals surface area contributed by atoms with Crippen LogP contribution in [0.5, 0.6) is 0 Å². The third-order valence-corrected chi connectivity index (χ3v) is 7.81. The maximum atomic E-state index is 13.3. The first-order chi connectivity index (χ1) is 20.7. The Balaban J connectivity index is 1.23. The molecule has 222 valence electrons. The van der Waals surface area contributed by atoms with E-state index in [1.165, 1.54) is 12.1 Å². The van der Waals surface area contributed by atoms with Gasteiger partial charge in [-0.2, -0.15) is 13.2 Å². The first-order valence-corrected chi connectivity index (χ1v) is 14.4. The number of anilines is 1. The van der Waals surface area contributed by atoms with E-state index < -0.39 is 11.7 Å². The van der Waals surface area contributed by atoms with Crippen molar-refractivity contribution >= 4 is 17.4 Å². The van der Waals surface area contributed by atoms with Crippen molar-refractivity contribution in [1.82, 2.24) is 10.2 Å². The first-order valence-electron chi connectivity index (χ1n) is 14.4. The molecule has 4 aromatic rings. The Kier molecular flexibility index (Phi) is 9.26. The fraction of sp³-hybridized carbons (Fsp3) is 0.257. The van der Waals surface area contributed by atoms with Crippen molar-refractivity contribution in [3.63, 3.8) is 0 Å². The number of benzene rings is 4. The molecule has 1 N–H and O–H groups in total. The molecule has 1 aliphatic heterocycles. The van der Waals surface area contributed by atoms with Crippen LogP contribution in [0.25, 0.3) is 11.1 Å². The number of carbonyl (C=O) groups is 2. The van der Waals surface area contributed by atoms with E-state index in [0.717, 1.165) is 55.1 Å². The average molecular weight is 586 g/mol. The largest absolute Gasteiger partial charge is 0.416 e. The minimum absolute atomic E-state index is 0.0102. The molecule has 0 saturated carbocycles. The van der Waals surface area contributed by atoms with Gasteiger partial charge in [0.2, 0.25) is 5.91 Å². The Morgan fingerprint density at radius 3 is 2.05 bits per heavy atom. The van der Waals surface area contributed by atoms with Gasteiger partial charge in [0, 0.05) is 50.4 Å². The van der Waals surface area contributed by atoms with E-state index in [1.807, 2.05) is 61.5 Å². The average Bonchev–Trinajstić information content (AvgIpc) is 3.02. The highest BCUT2D eigenvalue weighted by atomic mass is 19.4. The number of alkyl halides is 3. The SMILES string of the molecule is CCNC(=O)C(c1ccccc1)N1CCN(c2ccc(CC(=O)c3ccccc3-c3ccc(C(F)(F)F)cc3)cc2)CC1. The third-order valence-electron chi connectivity index (χ3n) is 7.81. The van der Waals surface area contributed by atoms with Crippen molar-refractivity contribution in [3.8, 4) is 11.1 Å². The van der Waals surface area contributed by atoms with E-state index >= 15 is 0 Å². The molecule has 0 aromatic heterocycles. The Hall–Kier alpha value is -4.43. The van der Waals surface area contributed by atoms with Crippen molar-refractivity contribution in [1.29, 1.82) is 0 Å². The number of hydrogen-bond acceptors (Lipinski definition) is 4. The lowest BCUT2D eigenvalue weighted by atomic mass is 9.93. The van der Waals surface area contributed by atoms with Gasteiger partial charge in [0.25, 0.3) is 0 Å². The highest BCUT2D eigenvalue weighted by molar-refractivity contribution is 6.03. The fourth-order valence-corrected chi connectivity index (χ4v) is 5.59. The van der Waals surface area contributed by atoms with Gasteiger partial charge in [-0.3, -0.25) is 14.5 Å². The smallest absolute Gasteiger partial charge is 0.369 e. The van der Waals surface area contributed by atoms with E-state index in [2.05, 4.69) is 15.1 Å². The Morgan fingerprint density at radius 1 is 0.791 bits per heavy atom. The van der Waals surface area contributed by atoms with Gasteiger partial charge in [-0.1, -0.05) is 78.9 Å². The van der Waals surface area contributed by atoms with E-state index in [9.17, 15) is 22.8 Å². The highest BCUT2D eigenvalue weighted by Gasteiger charge is 2.31. The van der Waals surface area contributed by atoms with Gasteiger partial charge in [0.05, 0.1) is 5.56 Å². The van der Waals surface area contributed by atoms with Crippen LogP contribution in [0.2, 0.25) is 0 Å². The molecule has 5 nitrogen and oxygen atoms in total. The number of amides is 1. The summed E-state index contributed by atoms with van der Waals surface area (Å²) < 4.78 is 39.0. The molecule has 0 aliphatic carbocycles. The van der Waals surface area contributed by atoms with Crippen molar-refractivity contribution < 1.29 is 22.8 Å². The number of carbonyl (C=O) groups excluding carboxylic acids is 2. The lowest BCUT2D eigenvalue weighted by Gasteiger charge is -2.39. The van der Waals surface area contributed by atoms with E-state index in [0.29, 0.717) is 23.2 Å². The van der Waals surface area contributed by atoms with Crippen LogP contribution < -0.4 is 10.2 Å². The second-order valence-electron chi connectivity index (χ2n) is 10.6. The normalized spacial score (nSPS) is 14.7. The molecular formula is C35H34F3N3O2. The number of ketones is 1. The summed E-state index contributed by atoms with van der Waals surface area (Å²) >= 11 is 0. The highest BCUT2D eigenvalue weighted by Crippen LogP contribution is 2.32. The van der Waals surface area contributed by atoms with E-state index in [1.54, 1.807) is 24.3 Å². The van der Waals surface area contributed by atoms with Gasteiger partial charge in [-0.25, -0.2) is 0 Å². The number of rotatable bonds is 9. The molecule has 1 amide bonds. The zero-order chi connectivity index (χ0) is 30.4. The molecule has 1 atom stereocenters. The van der Waals surface area contributed by atoms with Crippen LogP contribution >= 0.6 is 0 Å². The summed E-state index contributed by atoms with van der Waals surface area (Å²) in [6, 6.07) is 29.3. The lowest BCUT2D eigenvalue weighted by Crippen LogP contribution is -2.51. The standard InChI is InChI=1S/C35H34F3N3O2/c1-2-39-34(43)33(27-8-4-3-5-9-27)41-22-20-40(21-23-41)29-18-12-25(13-19-29)24-32(42)31-11-7-6-10-30(31)26-14-16-28(17-15-26)35(36,37)38/h3-19,33H,2,20-24H2,1H3,(H,39,43). The molecule has 4 aromatic carbocycles. The Labute approximate surface area is 250 Å². The predicted molar refractivity (Wildman–Crippen MR) is 163 cm³/mol. The van der Waals surface area contributed by atoms with Crippen LogP contribution in [-0.2, 0) is 17.4 Å². The number of hydrogen-bond donors (Lipinski definition) is 1. The van der Waals surface area contributed by atoms with Gasteiger partial charge in [-0.05, 0) is 53.4 Å². The second kappa shape index (κ2) is 13.3. The molecule has 0 bridgehead atoms. The summed E-state index contributed by atoms with van der Waals surface area (Å²) in [7, 11) is 0. The summed E-state index contributed by atoms with van der Waals surface area (Å²) in [4.78, 5) is 30.7. The van der Waals surface area contributed by atoms with Crippen LogP contribution in [0.15, 0.2) is 103 Å². The molecule has 1 aliphatic rings. The topological polar surface area (TPSA) is 52.7 Å². The third kappa shape index (κ3) is 7.14. The minimum Gasteiger partial charge on any atom is -0.369 e. The number of Topliss-reactive ketones (excluding diaryl/α,β-unsaturated/α-hetero) is 1. The predicted octanol–water partition coefficient (Wildman–Crippen LogP) is 6.80. The van der Waals surface area contributed by atoms with Gasteiger partial charge in [-0.15, -0.1) is 0 Å². The van der Waals surface area contributed by atoms with Crippen molar-refractivity contribution in [3.05, 3.63) is 125 Å². The summed E-state index contributed by atoms with van der Waals surface area (Å²) in [6.45, 7) is 5.50. The quantitative estimate of drug-likeness (QED) is 0.220. The number of nitrogens with one attached hydrogen (secondary N) is 1. The molecule has 1 fully saturated rings. The number of likely N-dealkylation sites (N-methyl/N-ethyl adjacent to an activating group) is 1. The number of piperazine rings is 1. The monoisotopic (exact) mass is 585 g/mol. The molecule has 1 saturated heterocycles. The van der Waals surface area contributed by atoms with Gasteiger partial charge >= 0.3 is 6.18 Å². The maximum Gasteiger partial charge on any atom is 0.416 e. The van der Waals surface area contributed by atoms with Gasteiger partial charge < -0.3 is 10.2 Å². The van der Waals surface area contributed by atoms with Crippen LogP contribution in [0.1, 0.15) is 40.0 Å². The second-order valence-corrected chi connectivity index (χ2v) is 10.6. The van der Waals surface area contributed by atoms with Crippen molar-refractivity contribution in [2.75, 3.05) is 37.6 Å². The zero-order valence-corrected chi connectivity index (χ0v) is 24.0. The molecule has 0 radical (unpaired) electrons. The lowest BCUT2D eigenvalue weighted by molar-refractivity contribution is -0.137. The number of nitrogens with zero attached hydrogens (tertiary/aromatic N) is 2. The zero-order valence-electron chi connectivity index (χ0n) is 24.0. The maximum absolute atomic E-state index is 13.3. The molecule has 0 spiro atoms. The first kappa shape index (κ1) is 30.0. The number of halogens is 3. The molecule has 8 heteroatoms. The molecule has 1 unspecified atom stereocenters.